The van der Waals surface area contributed by atoms with Gasteiger partial charge in [-0.15, -0.1) is 0 Å². The molecule has 0 aromatic carbocycles. The van der Waals surface area contributed by atoms with E-state index in [1.807, 2.05) is 0 Å². The second-order valence-electron chi connectivity index (χ2n) is 5.48. The van der Waals surface area contributed by atoms with Crippen molar-refractivity contribution in [3.8, 4) is 11.1 Å². The zero-order valence-electron chi connectivity index (χ0n) is 11.2. The molecule has 0 radical (unpaired) electrons. The molecular weight excluding hydrogens is 236 g/mol. The molecule has 3 aliphatic carbocycles. The number of hydrogen-bond donors (Lipinski definition) is 1. The van der Waals surface area contributed by atoms with Crippen LogP contribution >= 0.6 is 0 Å². The maximum absolute atomic E-state index is 10.8. The van der Waals surface area contributed by atoms with Crippen molar-refractivity contribution >= 4 is 5.97 Å². The van der Waals surface area contributed by atoms with E-state index in [4.69, 9.17) is 5.11 Å². The summed E-state index contributed by atoms with van der Waals surface area (Å²) in [5, 5.41) is 8.90. The minimum absolute atomic E-state index is 0.203. The summed E-state index contributed by atoms with van der Waals surface area (Å²) in [6, 6.07) is 8.82. The third kappa shape index (κ3) is 2.23. The second-order valence-corrected chi connectivity index (χ2v) is 5.48. The largest absolute Gasteiger partial charge is 0.481 e. The summed E-state index contributed by atoms with van der Waals surface area (Å²) in [6.45, 7) is 2.11. The lowest BCUT2D eigenvalue weighted by molar-refractivity contribution is -0.136. The number of carboxylic acid groups (broad SMARTS) is 1. The maximum atomic E-state index is 10.8. The van der Waals surface area contributed by atoms with Crippen LogP contribution in [0.1, 0.15) is 35.1 Å². The number of carbonyl (C=O) groups is 1. The molecule has 0 aromatic heterocycles. The molecule has 98 valence electrons. The van der Waals surface area contributed by atoms with Gasteiger partial charge in [0, 0.05) is 6.42 Å². The van der Waals surface area contributed by atoms with E-state index in [0.717, 1.165) is 12.8 Å². The molecule has 0 unspecified atom stereocenters. The van der Waals surface area contributed by atoms with Crippen molar-refractivity contribution in [2.75, 3.05) is 0 Å². The lowest BCUT2D eigenvalue weighted by Crippen LogP contribution is -2.01. The zero-order valence-corrected chi connectivity index (χ0v) is 11.2. The Morgan fingerprint density at radius 2 is 2.00 bits per heavy atom. The Morgan fingerprint density at radius 1 is 1.21 bits per heavy atom. The molecule has 0 aliphatic heterocycles. The van der Waals surface area contributed by atoms with Crippen LogP contribution in [0, 0.1) is 6.92 Å². The zero-order chi connectivity index (χ0) is 13.4. The van der Waals surface area contributed by atoms with Gasteiger partial charge >= 0.3 is 5.97 Å². The standard InChI is InChI=1S/C17H18O2/c1-11-9-13(6-8-16(18)19)15-7-5-12-3-2-4-14(10-11)17(12)15/h5,7,9-10H,2-4,6,8H2,1H3,(H,18,19). The molecule has 0 atom stereocenters. The highest BCUT2D eigenvalue weighted by molar-refractivity contribution is 5.78. The van der Waals surface area contributed by atoms with Crippen LogP contribution in [0.25, 0.3) is 11.1 Å². The maximum Gasteiger partial charge on any atom is 0.303 e. The molecule has 1 N–H and O–H groups in total. The molecule has 3 rings (SSSR count). The van der Waals surface area contributed by atoms with Crippen LogP contribution in [-0.2, 0) is 24.1 Å². The quantitative estimate of drug-likeness (QED) is 0.908. The first-order valence-corrected chi connectivity index (χ1v) is 6.91. The third-order valence-electron chi connectivity index (χ3n) is 4.01. The molecule has 0 aromatic rings. The molecule has 0 fully saturated rings. The van der Waals surface area contributed by atoms with Gasteiger partial charge in [-0.25, -0.2) is 0 Å². The number of aryl methyl sites for hydroxylation is 4. The van der Waals surface area contributed by atoms with Crippen LogP contribution in [-0.4, -0.2) is 11.1 Å². The minimum Gasteiger partial charge on any atom is -0.481 e. The van der Waals surface area contributed by atoms with Gasteiger partial charge in [0.15, 0.2) is 0 Å². The van der Waals surface area contributed by atoms with Gasteiger partial charge in [0.2, 0.25) is 0 Å². The van der Waals surface area contributed by atoms with Gasteiger partial charge in [-0.3, -0.25) is 4.79 Å². The van der Waals surface area contributed by atoms with Crippen LogP contribution in [0.3, 0.4) is 0 Å². The highest BCUT2D eigenvalue weighted by Crippen LogP contribution is 2.38. The number of hydrogen-bond acceptors (Lipinski definition) is 1. The molecule has 3 aliphatic rings. The summed E-state index contributed by atoms with van der Waals surface area (Å²) in [5.41, 5.74) is 7.93. The predicted molar refractivity (Wildman–Crippen MR) is 75.8 cm³/mol. The van der Waals surface area contributed by atoms with Crippen molar-refractivity contribution in [3.63, 3.8) is 0 Å². The summed E-state index contributed by atoms with van der Waals surface area (Å²) < 4.78 is 0. The van der Waals surface area contributed by atoms with Crippen LogP contribution in [0.5, 0.6) is 0 Å². The fourth-order valence-corrected chi connectivity index (χ4v) is 3.23. The molecular formula is C17H18O2. The molecule has 2 nitrogen and oxygen atoms in total. The molecule has 19 heavy (non-hydrogen) atoms. The molecule has 0 heterocycles. The van der Waals surface area contributed by atoms with E-state index in [2.05, 4.69) is 31.2 Å². The predicted octanol–water partition coefficient (Wildman–Crippen LogP) is 3.61. The van der Waals surface area contributed by atoms with Crippen LogP contribution in [0.4, 0.5) is 0 Å². The van der Waals surface area contributed by atoms with Crippen molar-refractivity contribution in [3.05, 3.63) is 46.5 Å². The lowest BCUT2D eigenvalue weighted by Gasteiger charge is -2.15. The highest BCUT2D eigenvalue weighted by Gasteiger charge is 2.20. The summed E-state index contributed by atoms with van der Waals surface area (Å²) in [7, 11) is 0. The number of rotatable bonds is 3. The first-order chi connectivity index (χ1) is 9.15. The van der Waals surface area contributed by atoms with Gasteiger partial charge < -0.3 is 5.11 Å². The van der Waals surface area contributed by atoms with E-state index in [9.17, 15) is 4.79 Å². The van der Waals surface area contributed by atoms with Crippen molar-refractivity contribution in [2.24, 2.45) is 0 Å². The fourth-order valence-electron chi connectivity index (χ4n) is 3.23. The average Bonchev–Trinajstić information content (AvgIpc) is 2.73. The van der Waals surface area contributed by atoms with Gasteiger partial charge in [0.05, 0.1) is 0 Å². The molecule has 0 bridgehead atoms. The third-order valence-corrected chi connectivity index (χ3v) is 4.01. The highest BCUT2D eigenvalue weighted by atomic mass is 16.4. The van der Waals surface area contributed by atoms with E-state index >= 15 is 0 Å². The van der Waals surface area contributed by atoms with E-state index in [0.29, 0.717) is 6.42 Å². The Balaban J connectivity index is 2.12. The monoisotopic (exact) mass is 254 g/mol. The van der Waals surface area contributed by atoms with Gasteiger partial charge in [0.25, 0.3) is 0 Å². The van der Waals surface area contributed by atoms with Crippen LogP contribution in [0.15, 0.2) is 24.3 Å². The molecule has 0 spiro atoms. The normalized spacial score (nSPS) is 13.7. The summed E-state index contributed by atoms with van der Waals surface area (Å²) in [4.78, 5) is 10.8. The Kier molecular flexibility index (Phi) is 3.02. The van der Waals surface area contributed by atoms with E-state index < -0.39 is 5.97 Å². The molecule has 0 amide bonds. The van der Waals surface area contributed by atoms with Gasteiger partial charge in [-0.05, 0) is 60.4 Å². The number of carboxylic acids is 1. The van der Waals surface area contributed by atoms with Crippen molar-refractivity contribution in [2.45, 2.75) is 39.0 Å². The molecule has 0 saturated carbocycles. The van der Waals surface area contributed by atoms with Crippen molar-refractivity contribution in [1.82, 2.24) is 0 Å². The smallest absolute Gasteiger partial charge is 0.303 e. The van der Waals surface area contributed by atoms with E-state index in [-0.39, 0.29) is 6.42 Å². The molecule has 0 saturated heterocycles. The summed E-state index contributed by atoms with van der Waals surface area (Å²) in [5.74, 6) is -0.726. The van der Waals surface area contributed by atoms with E-state index in [1.54, 1.807) is 0 Å². The van der Waals surface area contributed by atoms with Crippen molar-refractivity contribution < 1.29 is 9.90 Å². The fraction of sp³-hybridized carbons (Fsp3) is 0.353. The average molecular weight is 254 g/mol. The van der Waals surface area contributed by atoms with Crippen LogP contribution < -0.4 is 0 Å². The first kappa shape index (κ1) is 12.2. The Hall–Kier alpha value is -1.83. The Morgan fingerprint density at radius 3 is 2.79 bits per heavy atom. The van der Waals surface area contributed by atoms with Crippen LogP contribution in [0.2, 0.25) is 0 Å². The minimum atomic E-state index is -0.726. The SMILES string of the molecule is Cc1cc(CCC(=O)O)c2ccc3c-2c(c1)CCC3. The van der Waals surface area contributed by atoms with Gasteiger partial charge in [0.1, 0.15) is 0 Å². The first-order valence-electron chi connectivity index (χ1n) is 6.91. The van der Waals surface area contributed by atoms with Gasteiger partial charge in [-0.1, -0.05) is 29.8 Å². The van der Waals surface area contributed by atoms with E-state index in [1.165, 1.54) is 39.8 Å². The Bertz CT molecular complexity index is 613. The topological polar surface area (TPSA) is 37.3 Å². The molecule has 2 heteroatoms. The lowest BCUT2D eigenvalue weighted by atomic mass is 9.89. The summed E-state index contributed by atoms with van der Waals surface area (Å²) in [6.07, 6.45) is 4.33. The van der Waals surface area contributed by atoms with Crippen molar-refractivity contribution in [1.29, 1.82) is 0 Å². The Labute approximate surface area is 113 Å². The summed E-state index contributed by atoms with van der Waals surface area (Å²) >= 11 is 0. The van der Waals surface area contributed by atoms with Gasteiger partial charge in [-0.2, -0.15) is 0 Å². The second kappa shape index (κ2) is 4.69. The number of aliphatic carboxylic acids is 1.